The number of carbonyl (C=O) groups is 1. The number of carbonyl (C=O) groups excluding carboxylic acids is 1. The third-order valence-electron chi connectivity index (χ3n) is 4.23. The summed E-state index contributed by atoms with van der Waals surface area (Å²) in [4.78, 5) is 14.4. The fraction of sp³-hybridized carbons (Fsp3) is 0.278. The maximum Gasteiger partial charge on any atom is 0.255 e. The van der Waals surface area contributed by atoms with Crippen LogP contribution in [0.5, 0.6) is 0 Å². The number of hydrogen-bond acceptors (Lipinski definition) is 1. The Morgan fingerprint density at radius 1 is 1.27 bits per heavy atom. The zero-order valence-electron chi connectivity index (χ0n) is 12.4. The molecule has 0 radical (unpaired) electrons. The molecule has 1 fully saturated rings. The van der Waals surface area contributed by atoms with Gasteiger partial charge in [-0.05, 0) is 36.6 Å². The van der Waals surface area contributed by atoms with E-state index >= 15 is 0 Å². The first kappa shape index (κ1) is 15.0. The van der Waals surface area contributed by atoms with Gasteiger partial charge in [0.15, 0.2) is 0 Å². The Morgan fingerprint density at radius 3 is 2.73 bits per heavy atom. The number of likely N-dealkylation sites (tertiary alicyclic amines) is 1. The molecule has 1 saturated heterocycles. The van der Waals surface area contributed by atoms with Crippen molar-refractivity contribution in [1.82, 2.24) is 4.90 Å². The molecular formula is C18H17ClFNO. The van der Waals surface area contributed by atoms with Crippen LogP contribution in [0.25, 0.3) is 0 Å². The molecule has 1 unspecified atom stereocenters. The van der Waals surface area contributed by atoms with Gasteiger partial charge < -0.3 is 4.90 Å². The summed E-state index contributed by atoms with van der Waals surface area (Å²) in [5, 5.41) is 0.177. The molecule has 0 aromatic heterocycles. The van der Waals surface area contributed by atoms with Crippen LogP contribution in [0.3, 0.4) is 0 Å². The Labute approximate surface area is 134 Å². The van der Waals surface area contributed by atoms with E-state index in [0.717, 1.165) is 6.42 Å². The second-order valence-corrected chi connectivity index (χ2v) is 6.14. The van der Waals surface area contributed by atoms with Crippen molar-refractivity contribution in [3.05, 3.63) is 70.0 Å². The second-order valence-electron chi connectivity index (χ2n) is 5.73. The highest BCUT2D eigenvalue weighted by Gasteiger charge is 2.29. The minimum Gasteiger partial charge on any atom is -0.338 e. The van der Waals surface area contributed by atoms with Gasteiger partial charge in [-0.25, -0.2) is 4.39 Å². The molecule has 3 rings (SSSR count). The monoisotopic (exact) mass is 317 g/mol. The van der Waals surface area contributed by atoms with Crippen LogP contribution in [0.4, 0.5) is 4.39 Å². The van der Waals surface area contributed by atoms with E-state index in [1.165, 1.54) is 17.7 Å². The number of rotatable bonds is 2. The van der Waals surface area contributed by atoms with Crippen LogP contribution in [0.1, 0.15) is 33.8 Å². The van der Waals surface area contributed by atoms with Crippen molar-refractivity contribution in [3.8, 4) is 0 Å². The highest BCUT2D eigenvalue weighted by molar-refractivity contribution is 6.33. The van der Waals surface area contributed by atoms with E-state index in [9.17, 15) is 9.18 Å². The van der Waals surface area contributed by atoms with Crippen molar-refractivity contribution < 1.29 is 9.18 Å². The second kappa shape index (κ2) is 6.09. The molecular weight excluding hydrogens is 301 g/mol. The molecule has 2 nitrogen and oxygen atoms in total. The molecule has 0 aliphatic carbocycles. The molecule has 0 N–H and O–H groups in total. The minimum absolute atomic E-state index is 0.119. The maximum atomic E-state index is 13.5. The molecule has 1 amide bonds. The molecule has 22 heavy (non-hydrogen) atoms. The summed E-state index contributed by atoms with van der Waals surface area (Å²) >= 11 is 6.04. The van der Waals surface area contributed by atoms with Gasteiger partial charge in [-0.1, -0.05) is 41.9 Å². The van der Waals surface area contributed by atoms with E-state index in [2.05, 4.69) is 12.1 Å². The standard InChI is InChI=1S/C18H17ClFNO/c1-12-9-15(16(19)10-17(12)20)18(22)21-8-7-14(11-21)13-5-3-2-4-6-13/h2-6,9-10,14H,7-8,11H2,1H3. The van der Waals surface area contributed by atoms with Crippen molar-refractivity contribution >= 4 is 17.5 Å². The van der Waals surface area contributed by atoms with E-state index in [4.69, 9.17) is 11.6 Å². The lowest BCUT2D eigenvalue weighted by Crippen LogP contribution is -2.28. The van der Waals surface area contributed by atoms with Gasteiger partial charge in [0, 0.05) is 19.0 Å². The number of nitrogens with zero attached hydrogens (tertiary/aromatic N) is 1. The van der Waals surface area contributed by atoms with Crippen molar-refractivity contribution in [2.24, 2.45) is 0 Å². The van der Waals surface area contributed by atoms with Crippen molar-refractivity contribution in [2.45, 2.75) is 19.3 Å². The lowest BCUT2D eigenvalue weighted by atomic mass is 9.99. The number of halogens is 2. The predicted molar refractivity (Wildman–Crippen MR) is 85.9 cm³/mol. The lowest BCUT2D eigenvalue weighted by molar-refractivity contribution is 0.0791. The number of aryl methyl sites for hydroxylation is 1. The summed E-state index contributed by atoms with van der Waals surface area (Å²) in [7, 11) is 0. The quantitative estimate of drug-likeness (QED) is 0.803. The summed E-state index contributed by atoms with van der Waals surface area (Å²) in [6, 6.07) is 13.0. The number of amides is 1. The van der Waals surface area contributed by atoms with E-state index in [-0.39, 0.29) is 16.7 Å². The van der Waals surface area contributed by atoms with Crippen LogP contribution in [0.15, 0.2) is 42.5 Å². The van der Waals surface area contributed by atoms with E-state index in [1.807, 2.05) is 18.2 Å². The van der Waals surface area contributed by atoms with E-state index in [0.29, 0.717) is 30.1 Å². The fourth-order valence-corrected chi connectivity index (χ4v) is 3.16. The van der Waals surface area contributed by atoms with E-state index in [1.54, 1.807) is 11.8 Å². The zero-order chi connectivity index (χ0) is 15.7. The fourth-order valence-electron chi connectivity index (χ4n) is 2.93. The van der Waals surface area contributed by atoms with Gasteiger partial charge in [-0.3, -0.25) is 4.79 Å². The van der Waals surface area contributed by atoms with Crippen molar-refractivity contribution in [3.63, 3.8) is 0 Å². The van der Waals surface area contributed by atoms with Crippen molar-refractivity contribution in [1.29, 1.82) is 0 Å². The molecule has 0 spiro atoms. The van der Waals surface area contributed by atoms with Gasteiger partial charge >= 0.3 is 0 Å². The first-order chi connectivity index (χ1) is 10.6. The minimum atomic E-state index is -0.384. The zero-order valence-corrected chi connectivity index (χ0v) is 13.1. The van der Waals surface area contributed by atoms with Gasteiger partial charge in [-0.15, -0.1) is 0 Å². The summed E-state index contributed by atoms with van der Waals surface area (Å²) in [6.45, 7) is 3.01. The van der Waals surface area contributed by atoms with Gasteiger partial charge in [-0.2, -0.15) is 0 Å². The molecule has 1 aliphatic heterocycles. The number of benzene rings is 2. The SMILES string of the molecule is Cc1cc(C(=O)N2CCC(c3ccccc3)C2)c(Cl)cc1F. The largest absolute Gasteiger partial charge is 0.338 e. The Balaban J connectivity index is 1.79. The van der Waals surface area contributed by atoms with E-state index < -0.39 is 0 Å². The smallest absolute Gasteiger partial charge is 0.255 e. The van der Waals surface area contributed by atoms with Crippen LogP contribution in [0, 0.1) is 12.7 Å². The average Bonchev–Trinajstić information content (AvgIpc) is 3.01. The topological polar surface area (TPSA) is 20.3 Å². The summed E-state index contributed by atoms with van der Waals surface area (Å²) in [5.41, 5.74) is 2.07. The Morgan fingerprint density at radius 2 is 2.00 bits per heavy atom. The molecule has 2 aromatic rings. The first-order valence-corrected chi connectivity index (χ1v) is 7.74. The molecule has 0 saturated carbocycles. The van der Waals surface area contributed by atoms with Crippen molar-refractivity contribution in [2.75, 3.05) is 13.1 Å². The van der Waals surface area contributed by atoms with Gasteiger partial charge in [0.05, 0.1) is 10.6 Å². The van der Waals surface area contributed by atoms with Gasteiger partial charge in [0.1, 0.15) is 5.82 Å². The molecule has 114 valence electrons. The Kier molecular flexibility index (Phi) is 4.16. The molecule has 1 heterocycles. The normalized spacial score (nSPS) is 17.8. The Hall–Kier alpha value is -1.87. The summed E-state index contributed by atoms with van der Waals surface area (Å²) in [5.74, 6) is -0.151. The van der Waals surface area contributed by atoms with Crippen LogP contribution in [0.2, 0.25) is 5.02 Å². The third kappa shape index (κ3) is 2.86. The molecule has 2 aromatic carbocycles. The van der Waals surface area contributed by atoms with Crippen LogP contribution >= 0.6 is 11.6 Å². The van der Waals surface area contributed by atoms with Crippen LogP contribution in [-0.2, 0) is 0 Å². The third-order valence-corrected chi connectivity index (χ3v) is 4.54. The maximum absolute atomic E-state index is 13.5. The van der Waals surface area contributed by atoms with Gasteiger partial charge in [0.2, 0.25) is 0 Å². The van der Waals surface area contributed by atoms with Crippen LogP contribution in [-0.4, -0.2) is 23.9 Å². The molecule has 4 heteroatoms. The highest BCUT2D eigenvalue weighted by Crippen LogP contribution is 2.29. The number of hydrogen-bond donors (Lipinski definition) is 0. The molecule has 1 atom stereocenters. The summed E-state index contributed by atoms with van der Waals surface area (Å²) in [6.07, 6.45) is 0.938. The summed E-state index contributed by atoms with van der Waals surface area (Å²) < 4.78 is 13.5. The van der Waals surface area contributed by atoms with Crippen LogP contribution < -0.4 is 0 Å². The lowest BCUT2D eigenvalue weighted by Gasteiger charge is -2.18. The average molecular weight is 318 g/mol. The van der Waals surface area contributed by atoms with Gasteiger partial charge in [0.25, 0.3) is 5.91 Å². The Bertz CT molecular complexity index is 702. The predicted octanol–water partition coefficient (Wildman–Crippen LogP) is 4.42. The molecule has 1 aliphatic rings. The first-order valence-electron chi connectivity index (χ1n) is 7.36. The molecule has 0 bridgehead atoms. The highest BCUT2D eigenvalue weighted by atomic mass is 35.5.